The van der Waals surface area contributed by atoms with E-state index in [4.69, 9.17) is 47.0 Å². The zero-order valence-corrected chi connectivity index (χ0v) is 24.1. The molecule has 0 aromatic rings. The third-order valence-corrected chi connectivity index (χ3v) is 8.77. The first-order valence-electron chi connectivity index (χ1n) is 14.7. The standard InChI is InChI=1S/C25H48N6O13/c26-9-1-11(31-24(39)25(40)3-15(25)28)21(44-23-18(37)16(29)17(36)14(7-33)42-23)19(38)20(9)43-22-10(27)2-12(35)13(41-22)5-30-4-8(34)6-32/h8-23,30,32-38,40H,1-7,26-29H2,(H,31,39)/t8?,9-,10+,11+,12-,13+,14+,15?,16-,17+,18+,19-,20+,21-,22+,23+,25?/m0/s1. The van der Waals surface area contributed by atoms with Gasteiger partial charge >= 0.3 is 0 Å². The number of amides is 1. The molecule has 256 valence electrons. The van der Waals surface area contributed by atoms with Crippen molar-refractivity contribution in [3.05, 3.63) is 0 Å². The van der Waals surface area contributed by atoms with Gasteiger partial charge in [0.05, 0.1) is 49.7 Å². The Hall–Kier alpha value is -1.21. The molecule has 4 rings (SSSR count). The van der Waals surface area contributed by atoms with Crippen LogP contribution in [0.1, 0.15) is 19.3 Å². The van der Waals surface area contributed by atoms with Gasteiger partial charge in [-0.2, -0.15) is 0 Å². The van der Waals surface area contributed by atoms with E-state index in [1.165, 1.54) is 0 Å². The van der Waals surface area contributed by atoms with E-state index in [0.717, 1.165) is 0 Å². The highest BCUT2D eigenvalue weighted by molar-refractivity contribution is 5.89. The van der Waals surface area contributed by atoms with Crippen LogP contribution in [0.15, 0.2) is 0 Å². The van der Waals surface area contributed by atoms with Crippen LogP contribution in [-0.4, -0.2) is 176 Å². The van der Waals surface area contributed by atoms with Crippen molar-refractivity contribution in [1.82, 2.24) is 10.6 Å². The zero-order valence-electron chi connectivity index (χ0n) is 24.1. The second-order valence-corrected chi connectivity index (χ2v) is 12.2. The van der Waals surface area contributed by atoms with E-state index in [9.17, 15) is 40.5 Å². The number of aliphatic hydroxyl groups excluding tert-OH is 7. The van der Waals surface area contributed by atoms with Gasteiger partial charge in [-0.1, -0.05) is 0 Å². The van der Waals surface area contributed by atoms with Gasteiger partial charge in [-0.3, -0.25) is 4.79 Å². The molecule has 2 heterocycles. The van der Waals surface area contributed by atoms with E-state index in [0.29, 0.717) is 0 Å². The van der Waals surface area contributed by atoms with Crippen LogP contribution in [0.2, 0.25) is 0 Å². The number of carbonyl (C=O) groups is 1. The number of hydrogen-bond acceptors (Lipinski definition) is 18. The van der Waals surface area contributed by atoms with E-state index < -0.39 is 122 Å². The highest BCUT2D eigenvalue weighted by atomic mass is 16.7. The highest BCUT2D eigenvalue weighted by Gasteiger charge is 2.59. The summed E-state index contributed by atoms with van der Waals surface area (Å²) < 4.78 is 23.4. The molecule has 0 aromatic heterocycles. The van der Waals surface area contributed by atoms with E-state index in [1.807, 2.05) is 0 Å². The quantitative estimate of drug-likeness (QED) is 0.0941. The molecular formula is C25H48N6O13. The monoisotopic (exact) mass is 640 g/mol. The summed E-state index contributed by atoms with van der Waals surface area (Å²) in [6.07, 6.45) is -14.1. The molecule has 2 aliphatic carbocycles. The third-order valence-electron chi connectivity index (χ3n) is 8.77. The molecule has 4 fully saturated rings. The number of carbonyl (C=O) groups excluding carboxylic acids is 1. The molecule has 0 radical (unpaired) electrons. The van der Waals surface area contributed by atoms with E-state index in [1.54, 1.807) is 0 Å². The molecule has 0 spiro atoms. The maximum atomic E-state index is 12.9. The third kappa shape index (κ3) is 7.66. The van der Waals surface area contributed by atoms with Crippen LogP contribution >= 0.6 is 0 Å². The summed E-state index contributed by atoms with van der Waals surface area (Å²) in [7, 11) is 0. The largest absolute Gasteiger partial charge is 0.394 e. The molecule has 0 bridgehead atoms. The molecule has 2 saturated carbocycles. The number of hydrogen-bond donors (Lipinski definition) is 14. The lowest BCUT2D eigenvalue weighted by Crippen LogP contribution is -2.69. The SMILES string of the molecule is NC1CC1(O)C(=O)N[C@@H]1C[C@H](N)[C@@H](O[C@H]2O[C@H](CNCC(O)CO)[C@@H](O)C[C@H]2N)[C@H](O)[C@H]1O[C@H]1O[C@H](CO)[C@@H](O)[C@H](N)[C@H]1O. The lowest BCUT2D eigenvalue weighted by atomic mass is 9.83. The minimum Gasteiger partial charge on any atom is -0.394 e. The first kappa shape index (κ1) is 35.6. The Bertz CT molecular complexity index is 958. The summed E-state index contributed by atoms with van der Waals surface area (Å²) in [4.78, 5) is 12.9. The Labute approximate surface area is 253 Å². The maximum Gasteiger partial charge on any atom is 0.253 e. The van der Waals surface area contributed by atoms with Crippen molar-refractivity contribution in [3.8, 4) is 0 Å². The molecule has 3 unspecified atom stereocenters. The lowest BCUT2D eigenvalue weighted by molar-refractivity contribution is -0.316. The van der Waals surface area contributed by atoms with Gasteiger partial charge in [0.15, 0.2) is 18.2 Å². The van der Waals surface area contributed by atoms with Gasteiger partial charge in [0.2, 0.25) is 0 Å². The number of nitrogens with two attached hydrogens (primary N) is 4. The van der Waals surface area contributed by atoms with Crippen LogP contribution in [0, 0.1) is 0 Å². The Morgan fingerprint density at radius 2 is 1.55 bits per heavy atom. The van der Waals surface area contributed by atoms with Crippen molar-refractivity contribution < 1.29 is 64.6 Å². The Morgan fingerprint density at radius 3 is 2.16 bits per heavy atom. The van der Waals surface area contributed by atoms with Crippen LogP contribution in [0.4, 0.5) is 0 Å². The van der Waals surface area contributed by atoms with Crippen LogP contribution in [0.25, 0.3) is 0 Å². The fourth-order valence-electron chi connectivity index (χ4n) is 5.79. The molecule has 18 N–H and O–H groups in total. The summed E-state index contributed by atoms with van der Waals surface area (Å²) >= 11 is 0. The lowest BCUT2D eigenvalue weighted by Gasteiger charge is -2.48. The summed E-state index contributed by atoms with van der Waals surface area (Å²) in [5, 5.41) is 87.0. The molecule has 0 aromatic carbocycles. The van der Waals surface area contributed by atoms with Crippen molar-refractivity contribution in [2.75, 3.05) is 26.3 Å². The second-order valence-electron chi connectivity index (χ2n) is 12.2. The van der Waals surface area contributed by atoms with Gasteiger partial charge in [0.1, 0.15) is 36.6 Å². The Kier molecular flexibility index (Phi) is 11.9. The first-order chi connectivity index (χ1) is 20.7. The minimum absolute atomic E-state index is 0.0184. The van der Waals surface area contributed by atoms with Gasteiger partial charge in [-0.15, -0.1) is 0 Å². The second kappa shape index (κ2) is 14.7. The minimum atomic E-state index is -1.82. The summed E-state index contributed by atoms with van der Waals surface area (Å²) in [6, 6.07) is -4.94. The van der Waals surface area contributed by atoms with Crippen molar-refractivity contribution in [2.45, 2.75) is 123 Å². The fourth-order valence-corrected chi connectivity index (χ4v) is 5.79. The molecule has 4 aliphatic rings. The summed E-state index contributed by atoms with van der Waals surface area (Å²) in [5.41, 5.74) is 22.4. The maximum absolute atomic E-state index is 12.9. The molecule has 19 nitrogen and oxygen atoms in total. The molecule has 19 heteroatoms. The van der Waals surface area contributed by atoms with Gasteiger partial charge in [0, 0.05) is 31.6 Å². The van der Waals surface area contributed by atoms with Crippen molar-refractivity contribution >= 4 is 5.91 Å². The van der Waals surface area contributed by atoms with E-state index in [-0.39, 0.29) is 32.4 Å². The number of nitrogens with one attached hydrogen (secondary N) is 2. The van der Waals surface area contributed by atoms with Gasteiger partial charge < -0.3 is 93.4 Å². The summed E-state index contributed by atoms with van der Waals surface area (Å²) in [6.45, 7) is -1.01. The molecule has 2 aliphatic heterocycles. The van der Waals surface area contributed by atoms with Crippen LogP contribution < -0.4 is 33.6 Å². The summed E-state index contributed by atoms with van der Waals surface area (Å²) in [5.74, 6) is -0.818. The van der Waals surface area contributed by atoms with Gasteiger partial charge in [-0.25, -0.2) is 0 Å². The van der Waals surface area contributed by atoms with E-state index >= 15 is 0 Å². The fraction of sp³-hybridized carbons (Fsp3) is 0.960. The normalized spacial score (nSPS) is 48.5. The topological polar surface area (TPSA) is 344 Å². The van der Waals surface area contributed by atoms with Gasteiger partial charge in [-0.05, 0) is 12.8 Å². The van der Waals surface area contributed by atoms with Crippen molar-refractivity contribution in [3.63, 3.8) is 0 Å². The highest BCUT2D eigenvalue weighted by Crippen LogP contribution is 2.36. The molecular weight excluding hydrogens is 592 g/mol. The Balaban J connectivity index is 1.50. The smallest absolute Gasteiger partial charge is 0.253 e. The van der Waals surface area contributed by atoms with Crippen molar-refractivity contribution in [2.24, 2.45) is 22.9 Å². The average Bonchev–Trinajstić information content (AvgIpc) is 3.61. The predicted molar refractivity (Wildman–Crippen MR) is 147 cm³/mol. The van der Waals surface area contributed by atoms with Crippen LogP contribution in [-0.2, 0) is 23.7 Å². The number of rotatable bonds is 12. The average molecular weight is 641 g/mol. The van der Waals surface area contributed by atoms with Crippen LogP contribution in [0.5, 0.6) is 0 Å². The molecule has 17 atom stereocenters. The molecule has 1 amide bonds. The first-order valence-corrected chi connectivity index (χ1v) is 14.7. The molecule has 2 saturated heterocycles. The Morgan fingerprint density at radius 1 is 0.909 bits per heavy atom. The van der Waals surface area contributed by atoms with Gasteiger partial charge in [0.25, 0.3) is 5.91 Å². The predicted octanol–water partition coefficient (Wildman–Crippen LogP) is -8.69. The number of aliphatic hydroxyl groups is 8. The molecule has 44 heavy (non-hydrogen) atoms. The van der Waals surface area contributed by atoms with Crippen LogP contribution in [0.3, 0.4) is 0 Å². The number of ether oxygens (including phenoxy) is 4. The van der Waals surface area contributed by atoms with E-state index in [2.05, 4.69) is 10.6 Å². The zero-order chi connectivity index (χ0) is 32.5. The van der Waals surface area contributed by atoms with Crippen molar-refractivity contribution in [1.29, 1.82) is 0 Å².